The summed E-state index contributed by atoms with van der Waals surface area (Å²) in [5, 5.41) is 11.1. The van der Waals surface area contributed by atoms with Gasteiger partial charge < -0.3 is 9.64 Å². The van der Waals surface area contributed by atoms with Crippen LogP contribution in [0.25, 0.3) is 0 Å². The molecule has 0 bridgehead atoms. The molecule has 0 aliphatic rings. The summed E-state index contributed by atoms with van der Waals surface area (Å²) in [7, 11) is 0. The standard InChI is InChI=1S/C17H16N2O5/c1-2-18(14-6-4-3-5-7-14)17(21)12-24-16-9-8-13(11-20)10-15(16)19(22)23/h3-11H,2,12H2,1H3. The summed E-state index contributed by atoms with van der Waals surface area (Å²) in [6.45, 7) is 1.93. The molecule has 2 aromatic rings. The largest absolute Gasteiger partial charge is 0.477 e. The molecule has 0 spiro atoms. The molecule has 0 aliphatic heterocycles. The zero-order chi connectivity index (χ0) is 17.5. The van der Waals surface area contributed by atoms with Crippen LogP contribution >= 0.6 is 0 Å². The summed E-state index contributed by atoms with van der Waals surface area (Å²) in [6.07, 6.45) is 0.510. The Balaban J connectivity index is 2.14. The first-order valence-electron chi connectivity index (χ1n) is 7.28. The molecular weight excluding hydrogens is 312 g/mol. The number of para-hydroxylation sites is 1. The van der Waals surface area contributed by atoms with Gasteiger partial charge in [0.05, 0.1) is 4.92 Å². The number of anilines is 1. The van der Waals surface area contributed by atoms with E-state index in [2.05, 4.69) is 0 Å². The Kier molecular flexibility index (Phi) is 5.62. The number of nitro benzene ring substituents is 1. The molecule has 0 unspecified atom stereocenters. The highest BCUT2D eigenvalue weighted by atomic mass is 16.6. The van der Waals surface area contributed by atoms with Crippen molar-refractivity contribution in [2.24, 2.45) is 0 Å². The third kappa shape index (κ3) is 3.95. The molecule has 7 nitrogen and oxygen atoms in total. The van der Waals surface area contributed by atoms with E-state index in [0.717, 1.165) is 11.8 Å². The van der Waals surface area contributed by atoms with Crippen molar-refractivity contribution >= 4 is 23.6 Å². The summed E-state index contributed by atoms with van der Waals surface area (Å²) < 4.78 is 5.32. The van der Waals surface area contributed by atoms with E-state index < -0.39 is 4.92 Å². The molecule has 24 heavy (non-hydrogen) atoms. The minimum Gasteiger partial charge on any atom is -0.477 e. The Hall–Kier alpha value is -3.22. The second-order valence-electron chi connectivity index (χ2n) is 4.86. The number of likely N-dealkylation sites (N-methyl/N-ethyl adjacent to an activating group) is 1. The van der Waals surface area contributed by atoms with Crippen LogP contribution in [0.15, 0.2) is 48.5 Å². The number of carbonyl (C=O) groups excluding carboxylic acids is 2. The fraction of sp³-hybridized carbons (Fsp3) is 0.176. The fourth-order valence-corrected chi connectivity index (χ4v) is 2.20. The molecule has 0 N–H and O–H groups in total. The van der Waals surface area contributed by atoms with E-state index in [1.807, 2.05) is 25.1 Å². The normalized spacial score (nSPS) is 10.0. The van der Waals surface area contributed by atoms with Crippen molar-refractivity contribution in [3.8, 4) is 5.75 Å². The molecule has 0 saturated carbocycles. The zero-order valence-electron chi connectivity index (χ0n) is 13.0. The lowest BCUT2D eigenvalue weighted by atomic mass is 10.2. The van der Waals surface area contributed by atoms with Crippen LogP contribution in [0, 0.1) is 10.1 Å². The zero-order valence-corrected chi connectivity index (χ0v) is 13.0. The second kappa shape index (κ2) is 7.87. The number of carbonyl (C=O) groups is 2. The average molecular weight is 328 g/mol. The Morgan fingerprint density at radius 1 is 1.25 bits per heavy atom. The van der Waals surface area contributed by atoms with Crippen LogP contribution in [0.4, 0.5) is 11.4 Å². The molecule has 124 valence electrons. The van der Waals surface area contributed by atoms with Crippen molar-refractivity contribution in [2.45, 2.75) is 6.92 Å². The minimum atomic E-state index is -0.651. The summed E-state index contributed by atoms with van der Waals surface area (Å²) >= 11 is 0. The Labute approximate surface area is 138 Å². The number of amides is 1. The van der Waals surface area contributed by atoms with E-state index in [9.17, 15) is 19.7 Å². The Morgan fingerprint density at radius 3 is 2.54 bits per heavy atom. The first-order valence-corrected chi connectivity index (χ1v) is 7.28. The van der Waals surface area contributed by atoms with Crippen molar-refractivity contribution in [1.29, 1.82) is 0 Å². The smallest absolute Gasteiger partial charge is 0.311 e. The predicted octanol–water partition coefficient (Wildman–Crippen LogP) is 2.84. The molecule has 0 aliphatic carbocycles. The summed E-state index contributed by atoms with van der Waals surface area (Å²) in [5.74, 6) is -0.375. The van der Waals surface area contributed by atoms with Gasteiger partial charge in [0.15, 0.2) is 12.4 Å². The predicted molar refractivity (Wildman–Crippen MR) is 88.4 cm³/mol. The second-order valence-corrected chi connectivity index (χ2v) is 4.86. The highest BCUT2D eigenvalue weighted by Gasteiger charge is 2.19. The fourth-order valence-electron chi connectivity index (χ4n) is 2.20. The summed E-state index contributed by atoms with van der Waals surface area (Å²) in [6, 6.07) is 12.9. The lowest BCUT2D eigenvalue weighted by molar-refractivity contribution is -0.385. The Bertz CT molecular complexity index is 746. The third-order valence-corrected chi connectivity index (χ3v) is 3.35. The van der Waals surface area contributed by atoms with Crippen LogP contribution in [0.5, 0.6) is 5.75 Å². The van der Waals surface area contributed by atoms with Gasteiger partial charge in [0, 0.05) is 23.9 Å². The van der Waals surface area contributed by atoms with Crippen molar-refractivity contribution < 1.29 is 19.2 Å². The molecule has 0 radical (unpaired) electrons. The molecule has 2 aromatic carbocycles. The lowest BCUT2D eigenvalue weighted by Gasteiger charge is -2.21. The number of hydrogen-bond donors (Lipinski definition) is 0. The molecule has 0 aromatic heterocycles. The molecule has 7 heteroatoms. The van der Waals surface area contributed by atoms with E-state index >= 15 is 0 Å². The molecule has 0 heterocycles. The average Bonchev–Trinajstić information content (AvgIpc) is 2.61. The van der Waals surface area contributed by atoms with Gasteiger partial charge in [0.25, 0.3) is 5.91 Å². The maximum Gasteiger partial charge on any atom is 0.311 e. The number of nitrogens with zero attached hydrogens (tertiary/aromatic N) is 2. The SMILES string of the molecule is CCN(C(=O)COc1ccc(C=O)cc1[N+](=O)[O-])c1ccccc1. The molecule has 2 rings (SSSR count). The van der Waals surface area contributed by atoms with E-state index in [4.69, 9.17) is 4.74 Å². The monoisotopic (exact) mass is 328 g/mol. The van der Waals surface area contributed by atoms with E-state index in [0.29, 0.717) is 12.8 Å². The lowest BCUT2D eigenvalue weighted by Crippen LogP contribution is -2.34. The van der Waals surface area contributed by atoms with Crippen LogP contribution in [-0.2, 0) is 4.79 Å². The van der Waals surface area contributed by atoms with Crippen molar-refractivity contribution in [3.05, 3.63) is 64.2 Å². The Morgan fingerprint density at radius 2 is 1.96 bits per heavy atom. The maximum atomic E-state index is 12.3. The van der Waals surface area contributed by atoms with Crippen LogP contribution < -0.4 is 9.64 Å². The number of ether oxygens (including phenoxy) is 1. The van der Waals surface area contributed by atoms with E-state index in [1.54, 1.807) is 12.1 Å². The minimum absolute atomic E-state index is 0.0527. The molecule has 0 atom stereocenters. The van der Waals surface area contributed by atoms with Crippen LogP contribution in [0.1, 0.15) is 17.3 Å². The van der Waals surface area contributed by atoms with Crippen LogP contribution in [-0.4, -0.2) is 30.3 Å². The highest BCUT2D eigenvalue weighted by Crippen LogP contribution is 2.27. The third-order valence-electron chi connectivity index (χ3n) is 3.35. The van der Waals surface area contributed by atoms with Gasteiger partial charge in [0.1, 0.15) is 6.29 Å². The summed E-state index contributed by atoms with van der Waals surface area (Å²) in [5.41, 5.74) is 0.536. The molecule has 1 amide bonds. The van der Waals surface area contributed by atoms with E-state index in [1.165, 1.54) is 17.0 Å². The van der Waals surface area contributed by atoms with E-state index in [-0.39, 0.29) is 29.5 Å². The van der Waals surface area contributed by atoms with Gasteiger partial charge in [0.2, 0.25) is 0 Å². The first-order chi connectivity index (χ1) is 11.6. The van der Waals surface area contributed by atoms with Crippen molar-refractivity contribution in [1.82, 2.24) is 0 Å². The van der Waals surface area contributed by atoms with Gasteiger partial charge in [-0.1, -0.05) is 18.2 Å². The van der Waals surface area contributed by atoms with Gasteiger partial charge in [-0.3, -0.25) is 19.7 Å². The summed E-state index contributed by atoms with van der Waals surface area (Å²) in [4.78, 5) is 35.0. The van der Waals surface area contributed by atoms with Crippen LogP contribution in [0.2, 0.25) is 0 Å². The van der Waals surface area contributed by atoms with Gasteiger partial charge in [-0.2, -0.15) is 0 Å². The molecule has 0 fully saturated rings. The quantitative estimate of drug-likeness (QED) is 0.443. The van der Waals surface area contributed by atoms with Gasteiger partial charge in [-0.05, 0) is 31.2 Å². The maximum absolute atomic E-state index is 12.3. The number of rotatable bonds is 7. The molecule has 0 saturated heterocycles. The molecular formula is C17H16N2O5. The van der Waals surface area contributed by atoms with Crippen molar-refractivity contribution in [3.63, 3.8) is 0 Å². The number of benzene rings is 2. The highest BCUT2D eigenvalue weighted by molar-refractivity contribution is 5.94. The topological polar surface area (TPSA) is 89.8 Å². The number of nitro groups is 1. The van der Waals surface area contributed by atoms with Crippen LogP contribution in [0.3, 0.4) is 0 Å². The van der Waals surface area contributed by atoms with Gasteiger partial charge >= 0.3 is 5.69 Å². The number of aldehydes is 1. The van der Waals surface area contributed by atoms with Gasteiger partial charge in [-0.25, -0.2) is 0 Å². The van der Waals surface area contributed by atoms with Crippen molar-refractivity contribution in [2.75, 3.05) is 18.1 Å². The first kappa shape index (κ1) is 17.1. The number of hydrogen-bond acceptors (Lipinski definition) is 5. The van der Waals surface area contributed by atoms with Gasteiger partial charge in [-0.15, -0.1) is 0 Å².